The highest BCUT2D eigenvalue weighted by molar-refractivity contribution is 8.21. The van der Waals surface area contributed by atoms with Crippen LogP contribution in [0.2, 0.25) is 0 Å². The first kappa shape index (κ1) is 17.2. The highest BCUT2D eigenvalue weighted by Gasteiger charge is 2.57. The number of nitrogens with one attached hydrogen (secondary N) is 1. The molecule has 2 aromatic heterocycles. The molecule has 1 saturated heterocycles. The Morgan fingerprint density at radius 1 is 1.27 bits per heavy atom. The Morgan fingerprint density at radius 2 is 2.04 bits per heavy atom. The lowest BCUT2D eigenvalue weighted by atomic mass is 9.79. The third-order valence-electron chi connectivity index (χ3n) is 5.98. The van der Waals surface area contributed by atoms with Crippen LogP contribution in [-0.4, -0.2) is 26.5 Å². The highest BCUT2D eigenvalue weighted by Crippen LogP contribution is 2.65. The Hall–Kier alpha value is -0.920. The number of rotatable bonds is 4. The molecule has 1 aliphatic heterocycles. The summed E-state index contributed by atoms with van der Waals surface area (Å²) in [5.74, 6) is 5.01. The van der Waals surface area contributed by atoms with E-state index in [-0.39, 0.29) is 11.8 Å². The third-order valence-corrected chi connectivity index (χ3v) is 10.9. The minimum Gasteiger partial charge on any atom is -0.443 e. The van der Waals surface area contributed by atoms with Crippen LogP contribution in [0.15, 0.2) is 28.2 Å². The predicted octanol–water partition coefficient (Wildman–Crippen LogP) is 4.63. The molecule has 3 aliphatic rings. The van der Waals surface area contributed by atoms with Crippen LogP contribution < -0.4 is 5.32 Å². The summed E-state index contributed by atoms with van der Waals surface area (Å²) in [5, 5.41) is 5.11. The predicted molar refractivity (Wildman–Crippen MR) is 108 cm³/mol. The SMILES string of the molecule is O=C(NCc1coc(-c2cccs2)n1)C1C[C@H]2CC[C@@H](C1)C21SCCS1. The fraction of sp³-hybridized carbons (Fsp3) is 0.579. The van der Waals surface area contributed by atoms with E-state index < -0.39 is 0 Å². The molecule has 1 spiro atoms. The summed E-state index contributed by atoms with van der Waals surface area (Å²) in [6.45, 7) is 0.453. The molecule has 5 rings (SSSR count). The van der Waals surface area contributed by atoms with E-state index in [1.54, 1.807) is 17.6 Å². The van der Waals surface area contributed by atoms with Crippen LogP contribution >= 0.6 is 34.9 Å². The second-order valence-corrected chi connectivity index (χ2v) is 11.3. The number of hydrogen-bond acceptors (Lipinski definition) is 6. The largest absolute Gasteiger partial charge is 0.443 e. The van der Waals surface area contributed by atoms with Gasteiger partial charge in [-0.15, -0.1) is 34.9 Å². The highest BCUT2D eigenvalue weighted by atomic mass is 32.2. The Morgan fingerprint density at radius 3 is 2.73 bits per heavy atom. The van der Waals surface area contributed by atoms with Crippen LogP contribution in [0.5, 0.6) is 0 Å². The normalized spacial score (nSPS) is 29.3. The molecule has 138 valence electrons. The van der Waals surface area contributed by atoms with Crippen molar-refractivity contribution in [2.24, 2.45) is 17.8 Å². The molecule has 1 N–H and O–H groups in total. The molecular formula is C19H22N2O2S3. The van der Waals surface area contributed by atoms with Gasteiger partial charge in [0.1, 0.15) is 6.26 Å². The quantitative estimate of drug-likeness (QED) is 0.802. The Kier molecular flexibility index (Phi) is 4.57. The Bertz CT molecular complexity index is 767. The fourth-order valence-electron chi connectivity index (χ4n) is 4.84. The zero-order valence-electron chi connectivity index (χ0n) is 14.5. The van der Waals surface area contributed by atoms with Gasteiger partial charge in [0.25, 0.3) is 0 Å². The van der Waals surface area contributed by atoms with E-state index in [0.29, 0.717) is 28.4 Å². The van der Waals surface area contributed by atoms with Gasteiger partial charge in [-0.1, -0.05) is 6.07 Å². The van der Waals surface area contributed by atoms with Gasteiger partial charge in [-0.2, -0.15) is 0 Å². The summed E-state index contributed by atoms with van der Waals surface area (Å²) in [7, 11) is 0. The summed E-state index contributed by atoms with van der Waals surface area (Å²) in [6.07, 6.45) is 6.38. The molecule has 3 fully saturated rings. The van der Waals surface area contributed by atoms with Crippen molar-refractivity contribution in [1.82, 2.24) is 10.3 Å². The van der Waals surface area contributed by atoms with E-state index in [1.165, 1.54) is 24.3 Å². The lowest BCUT2D eigenvalue weighted by Crippen LogP contribution is -2.42. The van der Waals surface area contributed by atoms with Crippen LogP contribution in [-0.2, 0) is 11.3 Å². The van der Waals surface area contributed by atoms with Gasteiger partial charge in [-0.3, -0.25) is 4.79 Å². The average molecular weight is 407 g/mol. The average Bonchev–Trinajstić information content (AvgIpc) is 3.43. The van der Waals surface area contributed by atoms with Gasteiger partial charge in [-0.05, 0) is 49.0 Å². The van der Waals surface area contributed by atoms with Crippen LogP contribution in [0.4, 0.5) is 0 Å². The van der Waals surface area contributed by atoms with Gasteiger partial charge in [0, 0.05) is 17.4 Å². The van der Waals surface area contributed by atoms with Gasteiger partial charge in [0.2, 0.25) is 11.8 Å². The van der Waals surface area contributed by atoms with Crippen LogP contribution in [0.25, 0.3) is 10.8 Å². The maximum Gasteiger partial charge on any atom is 0.236 e. The fourth-order valence-corrected chi connectivity index (χ4v) is 9.43. The van der Waals surface area contributed by atoms with E-state index in [2.05, 4.69) is 33.8 Å². The van der Waals surface area contributed by atoms with E-state index in [9.17, 15) is 4.79 Å². The van der Waals surface area contributed by atoms with E-state index >= 15 is 0 Å². The van der Waals surface area contributed by atoms with Crippen molar-refractivity contribution in [3.8, 4) is 10.8 Å². The van der Waals surface area contributed by atoms with Crippen LogP contribution in [0, 0.1) is 17.8 Å². The molecule has 0 aromatic carbocycles. The number of nitrogens with zero attached hydrogens (tertiary/aromatic N) is 1. The van der Waals surface area contributed by atoms with Crippen molar-refractivity contribution in [3.63, 3.8) is 0 Å². The molecule has 26 heavy (non-hydrogen) atoms. The standard InChI is InChI=1S/C19H22N2O2S3/c22-17(20-10-15-11-23-18(21-15)16-2-1-5-24-16)12-8-13-3-4-14(9-12)19(13)25-6-7-26-19/h1-2,5,11-14H,3-4,6-10H2,(H,20,22)/t12?,13-,14+. The number of carbonyl (C=O) groups excluding carboxylic acids is 1. The zero-order valence-corrected chi connectivity index (χ0v) is 16.9. The molecule has 1 amide bonds. The second-order valence-electron chi connectivity index (χ2n) is 7.40. The first-order valence-corrected chi connectivity index (χ1v) is 12.1. The molecule has 1 unspecified atom stereocenters. The monoisotopic (exact) mass is 406 g/mol. The molecule has 2 bridgehead atoms. The van der Waals surface area contributed by atoms with Crippen molar-refractivity contribution >= 4 is 40.8 Å². The van der Waals surface area contributed by atoms with Gasteiger partial charge in [0.15, 0.2) is 0 Å². The zero-order chi connectivity index (χ0) is 17.6. The molecule has 3 atom stereocenters. The first-order chi connectivity index (χ1) is 12.7. The first-order valence-electron chi connectivity index (χ1n) is 9.28. The summed E-state index contributed by atoms with van der Waals surface area (Å²) < 4.78 is 5.98. The molecule has 2 aliphatic carbocycles. The van der Waals surface area contributed by atoms with Crippen molar-refractivity contribution < 1.29 is 9.21 Å². The lowest BCUT2D eigenvalue weighted by Gasteiger charge is -2.42. The molecule has 4 nitrogen and oxygen atoms in total. The van der Waals surface area contributed by atoms with Crippen LogP contribution in [0.3, 0.4) is 0 Å². The van der Waals surface area contributed by atoms with Crippen molar-refractivity contribution in [2.45, 2.75) is 36.3 Å². The van der Waals surface area contributed by atoms with Crippen molar-refractivity contribution in [1.29, 1.82) is 0 Å². The molecular weight excluding hydrogens is 384 g/mol. The van der Waals surface area contributed by atoms with Gasteiger partial charge < -0.3 is 9.73 Å². The Balaban J connectivity index is 1.20. The Labute approximate surface area is 165 Å². The minimum absolute atomic E-state index is 0.170. The summed E-state index contributed by atoms with van der Waals surface area (Å²) >= 11 is 5.96. The molecule has 3 heterocycles. The maximum absolute atomic E-state index is 12.7. The number of thiophene rings is 1. The summed E-state index contributed by atoms with van der Waals surface area (Å²) in [6, 6.07) is 3.97. The van der Waals surface area contributed by atoms with Gasteiger partial charge in [-0.25, -0.2) is 4.98 Å². The third kappa shape index (κ3) is 2.92. The number of hydrogen-bond donors (Lipinski definition) is 1. The van der Waals surface area contributed by atoms with Crippen molar-refractivity contribution in [3.05, 3.63) is 29.5 Å². The van der Waals surface area contributed by atoms with Gasteiger partial charge >= 0.3 is 0 Å². The van der Waals surface area contributed by atoms with Crippen LogP contribution in [0.1, 0.15) is 31.4 Å². The molecule has 2 saturated carbocycles. The minimum atomic E-state index is 0.170. The number of oxazole rings is 1. The van der Waals surface area contributed by atoms with Crippen molar-refractivity contribution in [2.75, 3.05) is 11.5 Å². The number of thioether (sulfide) groups is 2. The van der Waals surface area contributed by atoms with E-state index in [1.807, 2.05) is 17.5 Å². The van der Waals surface area contributed by atoms with E-state index in [0.717, 1.165) is 23.4 Å². The number of aromatic nitrogens is 1. The topological polar surface area (TPSA) is 55.1 Å². The molecule has 2 aromatic rings. The summed E-state index contributed by atoms with van der Waals surface area (Å²) in [5.41, 5.74) is 0.791. The smallest absolute Gasteiger partial charge is 0.236 e. The maximum atomic E-state index is 12.7. The second kappa shape index (κ2) is 6.91. The molecule has 7 heteroatoms. The van der Waals surface area contributed by atoms with Gasteiger partial charge in [0.05, 0.1) is 21.2 Å². The summed E-state index contributed by atoms with van der Waals surface area (Å²) in [4.78, 5) is 18.3. The van der Waals surface area contributed by atoms with E-state index in [4.69, 9.17) is 4.42 Å². The number of amides is 1. The number of carbonyl (C=O) groups is 1. The lowest BCUT2D eigenvalue weighted by molar-refractivity contribution is -0.126. The molecule has 0 radical (unpaired) electrons.